The maximum absolute atomic E-state index is 12.5. The summed E-state index contributed by atoms with van der Waals surface area (Å²) < 4.78 is 11.6. The van der Waals surface area contributed by atoms with E-state index in [0.29, 0.717) is 35.4 Å². The highest BCUT2D eigenvalue weighted by Crippen LogP contribution is 2.42. The summed E-state index contributed by atoms with van der Waals surface area (Å²) in [4.78, 5) is 13.8. The Morgan fingerprint density at radius 1 is 1.21 bits per heavy atom. The second-order valence-corrected chi connectivity index (χ2v) is 8.57. The lowest BCUT2D eigenvalue weighted by Gasteiger charge is -2.28. The molecule has 1 saturated heterocycles. The summed E-state index contributed by atoms with van der Waals surface area (Å²) in [5.74, 6) is 0.540. The van der Waals surface area contributed by atoms with Crippen molar-refractivity contribution in [2.45, 2.75) is 38.7 Å². The van der Waals surface area contributed by atoms with Crippen molar-refractivity contribution in [1.29, 1.82) is 0 Å². The largest absolute Gasteiger partial charge is 0.486 e. The molecule has 28 heavy (non-hydrogen) atoms. The molecule has 1 heterocycles. The van der Waals surface area contributed by atoms with Crippen LogP contribution in [0.15, 0.2) is 36.4 Å². The van der Waals surface area contributed by atoms with Crippen molar-refractivity contribution in [3.63, 3.8) is 0 Å². The maximum atomic E-state index is 12.5. The Bertz CT molecular complexity index is 874. The van der Waals surface area contributed by atoms with E-state index in [2.05, 4.69) is 20.8 Å². The van der Waals surface area contributed by atoms with E-state index >= 15 is 0 Å². The molecule has 1 aliphatic rings. The van der Waals surface area contributed by atoms with Gasteiger partial charge >= 0.3 is 6.03 Å². The van der Waals surface area contributed by atoms with Crippen molar-refractivity contribution in [2.24, 2.45) is 5.73 Å². The maximum Gasteiger partial charge on any atom is 0.324 e. The summed E-state index contributed by atoms with van der Waals surface area (Å²) in [5, 5.41) is 0.586. The smallest absolute Gasteiger partial charge is 0.324 e. The molecule has 0 bridgehead atoms. The van der Waals surface area contributed by atoms with E-state index in [-0.39, 0.29) is 16.5 Å². The molecule has 1 fully saturated rings. The first-order chi connectivity index (χ1) is 13.2. The summed E-state index contributed by atoms with van der Waals surface area (Å²) in [6.45, 7) is 7.45. The molecule has 2 amide bonds. The number of urea groups is 1. The number of ether oxygens (including phenoxy) is 2. The number of carbonyl (C=O) groups excluding carboxylic acids is 1. The molecular weight excluding hydrogens is 399 g/mol. The Morgan fingerprint density at radius 3 is 2.57 bits per heavy atom. The topological polar surface area (TPSA) is 64.8 Å². The molecule has 0 spiro atoms. The number of hydrogen-bond acceptors (Lipinski definition) is 3. The van der Waals surface area contributed by atoms with Crippen molar-refractivity contribution in [3.05, 3.63) is 52.0 Å². The van der Waals surface area contributed by atoms with Crippen LogP contribution >= 0.6 is 23.2 Å². The minimum Gasteiger partial charge on any atom is -0.486 e. The number of amides is 2. The van der Waals surface area contributed by atoms with E-state index in [9.17, 15) is 4.79 Å². The number of anilines is 2. The Labute approximate surface area is 175 Å². The quantitative estimate of drug-likeness (QED) is 0.689. The van der Waals surface area contributed by atoms with Crippen molar-refractivity contribution in [3.8, 4) is 5.75 Å². The van der Waals surface area contributed by atoms with Crippen molar-refractivity contribution >= 4 is 40.6 Å². The second kappa shape index (κ2) is 8.19. The van der Waals surface area contributed by atoms with Crippen LogP contribution in [0.4, 0.5) is 16.2 Å². The molecule has 0 radical (unpaired) electrons. The minimum absolute atomic E-state index is 0.0798. The van der Waals surface area contributed by atoms with Gasteiger partial charge in [-0.3, -0.25) is 4.90 Å². The summed E-state index contributed by atoms with van der Waals surface area (Å²) in [6.07, 6.45) is 0.707. The van der Waals surface area contributed by atoms with Gasteiger partial charge in [0.2, 0.25) is 0 Å². The molecule has 0 aromatic heterocycles. The van der Waals surface area contributed by atoms with E-state index in [1.807, 2.05) is 18.2 Å². The third-order valence-corrected chi connectivity index (χ3v) is 5.45. The fraction of sp³-hybridized carbons (Fsp3) is 0.381. The Hall–Kier alpha value is -1.95. The van der Waals surface area contributed by atoms with Gasteiger partial charge in [0.05, 0.1) is 34.6 Å². The van der Waals surface area contributed by atoms with Gasteiger partial charge in [-0.05, 0) is 35.2 Å². The molecular formula is C21H24Cl2N2O3. The average molecular weight is 423 g/mol. The van der Waals surface area contributed by atoms with Gasteiger partial charge < -0.3 is 15.2 Å². The van der Waals surface area contributed by atoms with Crippen molar-refractivity contribution in [1.82, 2.24) is 0 Å². The molecule has 0 aliphatic carbocycles. The predicted molar refractivity (Wildman–Crippen MR) is 113 cm³/mol. The lowest BCUT2D eigenvalue weighted by molar-refractivity contribution is 0.141. The molecule has 0 saturated carbocycles. The van der Waals surface area contributed by atoms with Gasteiger partial charge in [0.1, 0.15) is 11.9 Å². The van der Waals surface area contributed by atoms with Gasteiger partial charge in [-0.25, -0.2) is 4.79 Å². The third kappa shape index (κ3) is 4.37. The summed E-state index contributed by atoms with van der Waals surface area (Å²) >= 11 is 12.6. The first-order valence-corrected chi connectivity index (χ1v) is 9.86. The first kappa shape index (κ1) is 20.8. The van der Waals surface area contributed by atoms with Crippen LogP contribution in [-0.4, -0.2) is 25.3 Å². The molecule has 1 aliphatic heterocycles. The number of benzene rings is 2. The number of rotatable bonds is 4. The van der Waals surface area contributed by atoms with Crippen molar-refractivity contribution in [2.75, 3.05) is 18.1 Å². The highest BCUT2D eigenvalue weighted by atomic mass is 35.5. The normalized spacial score (nSPS) is 16.8. The zero-order valence-electron chi connectivity index (χ0n) is 16.2. The third-order valence-electron chi connectivity index (χ3n) is 4.64. The Kier molecular flexibility index (Phi) is 6.08. The van der Waals surface area contributed by atoms with Crippen molar-refractivity contribution < 1.29 is 14.3 Å². The molecule has 1 unspecified atom stereocenters. The fourth-order valence-corrected chi connectivity index (χ4v) is 3.46. The number of nitrogens with two attached hydrogens (primary N) is 1. The van der Waals surface area contributed by atoms with Crippen LogP contribution in [0.3, 0.4) is 0 Å². The van der Waals surface area contributed by atoms with Crippen LogP contribution in [-0.2, 0) is 10.2 Å². The van der Waals surface area contributed by atoms with Gasteiger partial charge in [-0.15, -0.1) is 0 Å². The fourth-order valence-electron chi connectivity index (χ4n) is 3.08. The van der Waals surface area contributed by atoms with E-state index in [4.69, 9.17) is 38.4 Å². The van der Waals surface area contributed by atoms with Crippen LogP contribution in [0.5, 0.6) is 5.75 Å². The standard InChI is InChI=1S/C21H24Cl2N2O3/c1-21(2,3)13-7-8-18(28-14-9-10-27-12-14)17(11-13)25(20(24)26)16-6-4-5-15(22)19(16)23/h4-8,11,14H,9-10,12H2,1-3H3,(H2,24,26). The number of carbonyl (C=O) groups is 1. The SMILES string of the molecule is CC(C)(C)c1ccc(OC2CCOC2)c(N(C(N)=O)c2cccc(Cl)c2Cl)c1. The summed E-state index contributed by atoms with van der Waals surface area (Å²) in [7, 11) is 0. The Morgan fingerprint density at radius 2 is 1.96 bits per heavy atom. The molecule has 3 rings (SSSR count). The average Bonchev–Trinajstić information content (AvgIpc) is 3.12. The predicted octanol–water partition coefficient (Wildman–Crippen LogP) is 5.68. The van der Waals surface area contributed by atoms with E-state index < -0.39 is 6.03 Å². The van der Waals surface area contributed by atoms with E-state index in [0.717, 1.165) is 12.0 Å². The van der Waals surface area contributed by atoms with Crippen LogP contribution in [0.25, 0.3) is 0 Å². The lowest BCUT2D eigenvalue weighted by atomic mass is 9.86. The highest BCUT2D eigenvalue weighted by molar-refractivity contribution is 6.44. The number of primary amides is 1. The van der Waals surface area contributed by atoms with Gasteiger partial charge in [0, 0.05) is 6.42 Å². The van der Waals surface area contributed by atoms with Gasteiger partial charge in [-0.2, -0.15) is 0 Å². The number of hydrogen-bond donors (Lipinski definition) is 1. The monoisotopic (exact) mass is 422 g/mol. The second-order valence-electron chi connectivity index (χ2n) is 7.78. The van der Waals surface area contributed by atoms with E-state index in [1.54, 1.807) is 18.2 Å². The molecule has 1 atom stereocenters. The van der Waals surface area contributed by atoms with Crippen LogP contribution < -0.4 is 15.4 Å². The zero-order chi connectivity index (χ0) is 20.5. The lowest BCUT2D eigenvalue weighted by Crippen LogP contribution is -2.33. The molecule has 2 N–H and O–H groups in total. The molecule has 2 aromatic carbocycles. The molecule has 150 valence electrons. The zero-order valence-corrected chi connectivity index (χ0v) is 17.7. The van der Waals surface area contributed by atoms with Gasteiger partial charge in [0.25, 0.3) is 0 Å². The van der Waals surface area contributed by atoms with Gasteiger partial charge in [-0.1, -0.05) is 56.1 Å². The number of halogens is 2. The van der Waals surface area contributed by atoms with Crippen LogP contribution in [0.2, 0.25) is 10.0 Å². The molecule has 5 nitrogen and oxygen atoms in total. The highest BCUT2D eigenvalue weighted by Gasteiger charge is 2.27. The number of nitrogens with zero attached hydrogens (tertiary/aromatic N) is 1. The molecule has 2 aromatic rings. The summed E-state index contributed by atoms with van der Waals surface area (Å²) in [6, 6.07) is 10.2. The Balaban J connectivity index is 2.15. The van der Waals surface area contributed by atoms with Crippen LogP contribution in [0, 0.1) is 0 Å². The minimum atomic E-state index is -0.678. The first-order valence-electron chi connectivity index (χ1n) is 9.11. The van der Waals surface area contributed by atoms with Crippen LogP contribution in [0.1, 0.15) is 32.8 Å². The van der Waals surface area contributed by atoms with Gasteiger partial charge in [0.15, 0.2) is 0 Å². The summed E-state index contributed by atoms with van der Waals surface area (Å²) in [5.41, 5.74) is 7.58. The molecule has 7 heteroatoms. The van der Waals surface area contributed by atoms with E-state index in [1.165, 1.54) is 4.90 Å².